The normalized spacial score (nSPS) is 16.7. The van der Waals surface area contributed by atoms with Crippen LogP contribution in [0.4, 0.5) is 5.13 Å². The smallest absolute Gasteiger partial charge is 0.250 e. The molecule has 0 aliphatic carbocycles. The summed E-state index contributed by atoms with van der Waals surface area (Å²) in [5.41, 5.74) is 3.71. The molecule has 7 nitrogen and oxygen atoms in total. The average Bonchev–Trinajstić information content (AvgIpc) is 3.46. The molecule has 3 heterocycles. The first-order valence-electron chi connectivity index (χ1n) is 9.75. The van der Waals surface area contributed by atoms with Crippen LogP contribution in [0.5, 0.6) is 0 Å². The van der Waals surface area contributed by atoms with Gasteiger partial charge in [-0.25, -0.2) is 9.67 Å². The van der Waals surface area contributed by atoms with Crippen molar-refractivity contribution in [1.29, 1.82) is 0 Å². The number of fused-ring (bicyclic) bond motifs is 2. The molecule has 29 heavy (non-hydrogen) atoms. The molecule has 148 valence electrons. The minimum Gasteiger partial charge on any atom is -0.376 e. The van der Waals surface area contributed by atoms with E-state index in [0.29, 0.717) is 11.7 Å². The number of rotatable bonds is 5. The van der Waals surface area contributed by atoms with Crippen molar-refractivity contribution in [1.82, 2.24) is 20.0 Å². The molecule has 0 spiro atoms. The molecule has 0 radical (unpaired) electrons. The first-order chi connectivity index (χ1) is 14.2. The molecule has 1 saturated heterocycles. The van der Waals surface area contributed by atoms with Crippen molar-refractivity contribution in [2.24, 2.45) is 0 Å². The molecule has 1 fully saturated rings. The number of ether oxygens (including phenoxy) is 1. The van der Waals surface area contributed by atoms with Gasteiger partial charge in [0, 0.05) is 6.61 Å². The first kappa shape index (κ1) is 18.2. The van der Waals surface area contributed by atoms with E-state index in [-0.39, 0.29) is 18.6 Å². The lowest BCUT2D eigenvalue weighted by atomic mass is 10.2. The Morgan fingerprint density at radius 3 is 3.03 bits per heavy atom. The molecule has 1 unspecified atom stereocenters. The summed E-state index contributed by atoms with van der Waals surface area (Å²) < 4.78 is 8.53. The molecule has 0 N–H and O–H groups in total. The summed E-state index contributed by atoms with van der Waals surface area (Å²) in [4.78, 5) is 19.8. The Morgan fingerprint density at radius 2 is 2.17 bits per heavy atom. The highest BCUT2D eigenvalue weighted by Crippen LogP contribution is 2.31. The van der Waals surface area contributed by atoms with Crippen LogP contribution in [0.1, 0.15) is 18.4 Å². The van der Waals surface area contributed by atoms with Crippen LogP contribution in [-0.4, -0.2) is 45.1 Å². The van der Waals surface area contributed by atoms with Crippen LogP contribution in [0.25, 0.3) is 21.3 Å². The van der Waals surface area contributed by atoms with E-state index in [1.54, 1.807) is 20.9 Å². The maximum Gasteiger partial charge on any atom is 0.250 e. The summed E-state index contributed by atoms with van der Waals surface area (Å²) in [5.74, 6) is -0.0630. The van der Waals surface area contributed by atoms with Gasteiger partial charge in [0.1, 0.15) is 12.1 Å². The summed E-state index contributed by atoms with van der Waals surface area (Å²) in [6.45, 7) is 3.43. The number of nitrogens with zero attached hydrogens (tertiary/aromatic N) is 5. The highest BCUT2D eigenvalue weighted by molar-refractivity contribution is 7.22. The predicted molar refractivity (Wildman–Crippen MR) is 113 cm³/mol. The third kappa shape index (κ3) is 3.61. The van der Waals surface area contributed by atoms with E-state index in [2.05, 4.69) is 23.3 Å². The molecule has 2 aromatic heterocycles. The summed E-state index contributed by atoms with van der Waals surface area (Å²) in [6, 6.07) is 13.8. The molecule has 1 amide bonds. The van der Waals surface area contributed by atoms with E-state index in [9.17, 15) is 4.79 Å². The Bertz CT molecular complexity index is 1180. The van der Waals surface area contributed by atoms with Gasteiger partial charge in [0.05, 0.1) is 28.4 Å². The number of aromatic nitrogens is 4. The minimum absolute atomic E-state index is 0.0418. The maximum absolute atomic E-state index is 13.3. The molecular weight excluding hydrogens is 386 g/mol. The van der Waals surface area contributed by atoms with Crippen LogP contribution < -0.4 is 4.90 Å². The van der Waals surface area contributed by atoms with Gasteiger partial charge in [0.15, 0.2) is 5.13 Å². The van der Waals surface area contributed by atoms with E-state index in [1.165, 1.54) is 5.56 Å². The maximum atomic E-state index is 13.3. The zero-order chi connectivity index (χ0) is 19.8. The molecule has 1 aliphatic rings. The lowest BCUT2D eigenvalue weighted by Gasteiger charge is -2.23. The molecule has 1 atom stereocenters. The van der Waals surface area contributed by atoms with Crippen LogP contribution in [0.2, 0.25) is 0 Å². The van der Waals surface area contributed by atoms with Crippen molar-refractivity contribution < 1.29 is 9.53 Å². The van der Waals surface area contributed by atoms with Crippen molar-refractivity contribution in [3.63, 3.8) is 0 Å². The van der Waals surface area contributed by atoms with Crippen LogP contribution in [0, 0.1) is 6.92 Å². The summed E-state index contributed by atoms with van der Waals surface area (Å²) in [6.07, 6.45) is 2.03. The molecule has 0 saturated carbocycles. The standard InChI is InChI=1S/C21H21N5O2S/c1-14-8-9-17-19(11-14)29-21(22-17)25(12-15-5-4-10-28-15)20(27)13-26-18-7-3-2-6-16(18)23-24-26/h2-3,6-9,11,15H,4-5,10,12-13H2,1H3. The quantitative estimate of drug-likeness (QED) is 0.506. The highest BCUT2D eigenvalue weighted by atomic mass is 32.1. The number of hydrogen-bond acceptors (Lipinski definition) is 6. The molecule has 8 heteroatoms. The van der Waals surface area contributed by atoms with Crippen LogP contribution >= 0.6 is 11.3 Å². The zero-order valence-electron chi connectivity index (χ0n) is 16.1. The van der Waals surface area contributed by atoms with E-state index in [4.69, 9.17) is 9.72 Å². The minimum atomic E-state index is -0.0630. The fourth-order valence-electron chi connectivity index (χ4n) is 3.66. The number of carbonyl (C=O) groups excluding carboxylic acids is 1. The van der Waals surface area contributed by atoms with Crippen molar-refractivity contribution in [2.75, 3.05) is 18.1 Å². The largest absolute Gasteiger partial charge is 0.376 e. The number of thiazole rings is 1. The average molecular weight is 407 g/mol. The van der Waals surface area contributed by atoms with Crippen molar-refractivity contribution in [2.45, 2.75) is 32.4 Å². The van der Waals surface area contributed by atoms with Crippen LogP contribution in [0.3, 0.4) is 0 Å². The third-order valence-corrected chi connectivity index (χ3v) is 6.22. The molecular formula is C21H21N5O2S. The first-order valence-corrected chi connectivity index (χ1v) is 10.6. The predicted octanol–water partition coefficient (Wildman–Crippen LogP) is 3.56. The van der Waals surface area contributed by atoms with E-state index in [0.717, 1.165) is 40.7 Å². The lowest BCUT2D eigenvalue weighted by Crippen LogP contribution is -2.39. The Kier molecular flexibility index (Phi) is 4.73. The molecule has 4 aromatic rings. The second-order valence-corrected chi connectivity index (χ2v) is 8.35. The van der Waals surface area contributed by atoms with Crippen LogP contribution in [0.15, 0.2) is 42.5 Å². The summed E-state index contributed by atoms with van der Waals surface area (Å²) >= 11 is 1.54. The van der Waals surface area contributed by atoms with E-state index < -0.39 is 0 Å². The third-order valence-electron chi connectivity index (χ3n) is 5.18. The van der Waals surface area contributed by atoms with Gasteiger partial charge in [-0.15, -0.1) is 5.10 Å². The number of aryl methyl sites for hydroxylation is 1. The second kappa shape index (κ2) is 7.53. The molecule has 1 aliphatic heterocycles. The number of carbonyl (C=O) groups is 1. The van der Waals surface area contributed by atoms with Gasteiger partial charge in [-0.05, 0) is 49.6 Å². The van der Waals surface area contributed by atoms with Crippen molar-refractivity contribution in [3.8, 4) is 0 Å². The number of benzene rings is 2. The van der Waals surface area contributed by atoms with Gasteiger partial charge >= 0.3 is 0 Å². The van der Waals surface area contributed by atoms with Gasteiger partial charge < -0.3 is 4.74 Å². The molecule has 5 rings (SSSR count). The zero-order valence-corrected chi connectivity index (χ0v) is 16.9. The Balaban J connectivity index is 1.47. The van der Waals surface area contributed by atoms with Gasteiger partial charge in [-0.2, -0.15) is 0 Å². The summed E-state index contributed by atoms with van der Waals surface area (Å²) in [7, 11) is 0. The number of hydrogen-bond donors (Lipinski definition) is 0. The highest BCUT2D eigenvalue weighted by Gasteiger charge is 2.27. The van der Waals surface area contributed by atoms with Crippen molar-refractivity contribution in [3.05, 3.63) is 48.0 Å². The van der Waals surface area contributed by atoms with Gasteiger partial charge in [-0.1, -0.05) is 34.7 Å². The van der Waals surface area contributed by atoms with E-state index in [1.807, 2.05) is 36.4 Å². The van der Waals surface area contributed by atoms with Crippen LogP contribution in [-0.2, 0) is 16.1 Å². The van der Waals surface area contributed by atoms with Gasteiger partial charge in [0.2, 0.25) is 0 Å². The lowest BCUT2D eigenvalue weighted by molar-refractivity contribution is -0.119. The molecule has 2 aromatic carbocycles. The SMILES string of the molecule is Cc1ccc2nc(N(CC3CCCO3)C(=O)Cn3nnc4ccccc43)sc2c1. The Morgan fingerprint density at radius 1 is 1.28 bits per heavy atom. The van der Waals surface area contributed by atoms with Gasteiger partial charge in [0.25, 0.3) is 5.91 Å². The Labute approximate surface area is 171 Å². The Hall–Kier alpha value is -2.84. The van der Waals surface area contributed by atoms with Crippen molar-refractivity contribution >= 4 is 43.6 Å². The fraction of sp³-hybridized carbons (Fsp3) is 0.333. The number of para-hydroxylation sites is 1. The topological polar surface area (TPSA) is 73.1 Å². The summed E-state index contributed by atoms with van der Waals surface area (Å²) in [5, 5.41) is 9.03. The monoisotopic (exact) mass is 407 g/mol. The number of anilines is 1. The second-order valence-electron chi connectivity index (χ2n) is 7.34. The number of amides is 1. The van der Waals surface area contributed by atoms with Gasteiger partial charge in [-0.3, -0.25) is 9.69 Å². The fourth-order valence-corrected chi connectivity index (χ4v) is 4.75. The van der Waals surface area contributed by atoms with E-state index >= 15 is 0 Å². The molecule has 0 bridgehead atoms.